The molecule has 0 unspecified atom stereocenters. The van der Waals surface area contributed by atoms with Crippen molar-refractivity contribution < 1.29 is 35.1 Å². The van der Waals surface area contributed by atoms with E-state index >= 15 is 0 Å². The molecule has 0 aliphatic heterocycles. The van der Waals surface area contributed by atoms with Crippen LogP contribution in [0.4, 0.5) is 35.1 Å². The zero-order chi connectivity index (χ0) is 12.7. The molecule has 0 saturated carbocycles. The first-order valence-electron chi connectivity index (χ1n) is 3.67. The number of benzene rings is 1. The topological polar surface area (TPSA) is 0 Å². The SMILES string of the molecule is Fc1ccc(C(F)(F)F)c(C(F)(F)F)c1F. The smallest absolute Gasteiger partial charge is 0.204 e. The van der Waals surface area contributed by atoms with Crippen molar-refractivity contribution in [2.45, 2.75) is 12.4 Å². The number of hydrogen-bond acceptors (Lipinski definition) is 0. The minimum atomic E-state index is -5.61. The summed E-state index contributed by atoms with van der Waals surface area (Å²) in [6, 6.07) is -0.158. The molecule has 8 heteroatoms. The molecule has 0 heterocycles. The zero-order valence-corrected chi connectivity index (χ0v) is 7.18. The summed E-state index contributed by atoms with van der Waals surface area (Å²) in [6.07, 6.45) is -11.0. The Morgan fingerprint density at radius 2 is 1.25 bits per heavy atom. The number of hydrogen-bond donors (Lipinski definition) is 0. The Balaban J connectivity index is 3.59. The summed E-state index contributed by atoms with van der Waals surface area (Å²) in [7, 11) is 0. The maximum absolute atomic E-state index is 12.7. The second kappa shape index (κ2) is 3.60. The van der Waals surface area contributed by atoms with Crippen molar-refractivity contribution in [2.24, 2.45) is 0 Å². The van der Waals surface area contributed by atoms with Gasteiger partial charge in [-0.15, -0.1) is 0 Å². The number of rotatable bonds is 0. The van der Waals surface area contributed by atoms with Gasteiger partial charge in [-0.3, -0.25) is 0 Å². The molecule has 16 heavy (non-hydrogen) atoms. The van der Waals surface area contributed by atoms with E-state index < -0.39 is 35.1 Å². The third kappa shape index (κ3) is 2.25. The highest BCUT2D eigenvalue weighted by Crippen LogP contribution is 2.41. The van der Waals surface area contributed by atoms with E-state index in [1.54, 1.807) is 0 Å². The molecule has 0 nitrogen and oxygen atoms in total. The zero-order valence-electron chi connectivity index (χ0n) is 7.18. The monoisotopic (exact) mass is 250 g/mol. The van der Waals surface area contributed by atoms with Crippen LogP contribution in [-0.2, 0) is 12.4 Å². The summed E-state index contributed by atoms with van der Waals surface area (Å²) in [4.78, 5) is 0. The van der Waals surface area contributed by atoms with Gasteiger partial charge in [0.05, 0.1) is 5.56 Å². The fourth-order valence-corrected chi connectivity index (χ4v) is 1.06. The number of halogens is 8. The standard InChI is InChI=1S/C8H2F8/c9-4-2-1-3(7(11,12)13)5(6(4)10)8(14,15)16/h1-2H. The predicted octanol–water partition coefficient (Wildman–Crippen LogP) is 4.00. The minimum absolute atomic E-state index is 0.00655. The van der Waals surface area contributed by atoms with Crippen LogP contribution < -0.4 is 0 Å². The third-order valence-electron chi connectivity index (χ3n) is 1.68. The van der Waals surface area contributed by atoms with Gasteiger partial charge in [0, 0.05) is 0 Å². The van der Waals surface area contributed by atoms with Gasteiger partial charge in [0.15, 0.2) is 11.6 Å². The molecule has 0 radical (unpaired) electrons. The molecule has 0 fully saturated rings. The largest absolute Gasteiger partial charge is 0.419 e. The van der Waals surface area contributed by atoms with Crippen LogP contribution in [0.1, 0.15) is 11.1 Å². The molecule has 0 N–H and O–H groups in total. The van der Waals surface area contributed by atoms with Gasteiger partial charge in [-0.2, -0.15) is 26.3 Å². The molecule has 1 aromatic carbocycles. The molecule has 0 aliphatic carbocycles. The molecule has 0 aromatic heterocycles. The van der Waals surface area contributed by atoms with Crippen LogP contribution in [0.5, 0.6) is 0 Å². The lowest BCUT2D eigenvalue weighted by Crippen LogP contribution is -2.19. The van der Waals surface area contributed by atoms with Gasteiger partial charge in [0.2, 0.25) is 0 Å². The summed E-state index contributed by atoms with van der Waals surface area (Å²) in [6.45, 7) is 0. The quantitative estimate of drug-likeness (QED) is 0.610. The van der Waals surface area contributed by atoms with Crippen molar-refractivity contribution >= 4 is 0 Å². The molecule has 0 atom stereocenters. The first-order chi connectivity index (χ1) is 7.05. The van der Waals surface area contributed by atoms with Crippen LogP contribution in [0.2, 0.25) is 0 Å². The molecular weight excluding hydrogens is 248 g/mol. The van der Waals surface area contributed by atoms with Crippen molar-refractivity contribution in [3.05, 3.63) is 34.9 Å². The summed E-state index contributed by atoms with van der Waals surface area (Å²) in [5.74, 6) is -4.54. The van der Waals surface area contributed by atoms with Crippen LogP contribution in [0.3, 0.4) is 0 Å². The highest BCUT2D eigenvalue weighted by Gasteiger charge is 2.46. The maximum atomic E-state index is 12.7. The van der Waals surface area contributed by atoms with Crippen LogP contribution in [0, 0.1) is 11.6 Å². The lowest BCUT2D eigenvalue weighted by molar-refractivity contribution is -0.164. The summed E-state index contributed by atoms with van der Waals surface area (Å²) in [5, 5.41) is 0. The van der Waals surface area contributed by atoms with E-state index in [0.29, 0.717) is 0 Å². The Hall–Kier alpha value is -1.34. The summed E-state index contributed by atoms with van der Waals surface area (Å²) >= 11 is 0. The van der Waals surface area contributed by atoms with E-state index in [1.165, 1.54) is 0 Å². The molecule has 0 spiro atoms. The van der Waals surface area contributed by atoms with Crippen molar-refractivity contribution in [3.8, 4) is 0 Å². The highest BCUT2D eigenvalue weighted by atomic mass is 19.4. The molecular formula is C8H2F8. The molecule has 0 saturated heterocycles. The van der Waals surface area contributed by atoms with Gasteiger partial charge < -0.3 is 0 Å². The summed E-state index contributed by atoms with van der Waals surface area (Å²) in [5.41, 5.74) is -4.89. The first kappa shape index (κ1) is 12.7. The molecule has 1 rings (SSSR count). The van der Waals surface area contributed by atoms with Crippen molar-refractivity contribution in [3.63, 3.8) is 0 Å². The van der Waals surface area contributed by atoms with E-state index in [0.717, 1.165) is 0 Å². The second-order valence-electron chi connectivity index (χ2n) is 2.78. The second-order valence-corrected chi connectivity index (χ2v) is 2.78. The average Bonchev–Trinajstić information content (AvgIpc) is 2.05. The lowest BCUT2D eigenvalue weighted by atomic mass is 10.1. The Bertz CT molecular complexity index is 400. The van der Waals surface area contributed by atoms with Gasteiger partial charge in [0.25, 0.3) is 0 Å². The van der Waals surface area contributed by atoms with Crippen LogP contribution >= 0.6 is 0 Å². The Labute approximate surface area is 83.5 Å². The molecule has 0 aliphatic rings. The number of alkyl halides is 6. The lowest BCUT2D eigenvalue weighted by Gasteiger charge is -2.15. The van der Waals surface area contributed by atoms with E-state index in [2.05, 4.69) is 0 Å². The van der Waals surface area contributed by atoms with Gasteiger partial charge in [-0.25, -0.2) is 8.78 Å². The Morgan fingerprint density at radius 3 is 1.62 bits per heavy atom. The maximum Gasteiger partial charge on any atom is 0.419 e. The van der Waals surface area contributed by atoms with E-state index in [4.69, 9.17) is 0 Å². The van der Waals surface area contributed by atoms with Gasteiger partial charge in [-0.05, 0) is 12.1 Å². The van der Waals surface area contributed by atoms with E-state index in [1.807, 2.05) is 0 Å². The predicted molar refractivity (Wildman–Crippen MR) is 36.4 cm³/mol. The summed E-state index contributed by atoms with van der Waals surface area (Å²) < 4.78 is 97.8. The van der Waals surface area contributed by atoms with E-state index in [9.17, 15) is 35.1 Å². The molecule has 90 valence electrons. The van der Waals surface area contributed by atoms with Gasteiger partial charge >= 0.3 is 12.4 Å². The van der Waals surface area contributed by atoms with Crippen LogP contribution in [0.15, 0.2) is 12.1 Å². The van der Waals surface area contributed by atoms with Crippen molar-refractivity contribution in [1.29, 1.82) is 0 Å². The third-order valence-corrected chi connectivity index (χ3v) is 1.68. The van der Waals surface area contributed by atoms with Crippen molar-refractivity contribution in [2.75, 3.05) is 0 Å². The first-order valence-corrected chi connectivity index (χ1v) is 3.67. The minimum Gasteiger partial charge on any atom is -0.204 e. The Kier molecular flexibility index (Phi) is 2.86. The fourth-order valence-electron chi connectivity index (χ4n) is 1.06. The van der Waals surface area contributed by atoms with E-state index in [-0.39, 0.29) is 12.1 Å². The van der Waals surface area contributed by atoms with Crippen molar-refractivity contribution in [1.82, 2.24) is 0 Å². The Morgan fingerprint density at radius 1 is 0.750 bits per heavy atom. The van der Waals surface area contributed by atoms with Crippen LogP contribution in [0.25, 0.3) is 0 Å². The van der Waals surface area contributed by atoms with Gasteiger partial charge in [-0.1, -0.05) is 0 Å². The molecule has 1 aromatic rings. The van der Waals surface area contributed by atoms with Crippen LogP contribution in [-0.4, -0.2) is 0 Å². The molecule has 0 amide bonds. The molecule has 0 bridgehead atoms. The highest BCUT2D eigenvalue weighted by molar-refractivity contribution is 5.34. The average molecular weight is 250 g/mol. The van der Waals surface area contributed by atoms with Gasteiger partial charge in [0.1, 0.15) is 5.56 Å². The normalized spacial score (nSPS) is 13.0. The fraction of sp³-hybridized carbons (Fsp3) is 0.250.